The van der Waals surface area contributed by atoms with Gasteiger partial charge in [-0.1, -0.05) is 29.8 Å². The van der Waals surface area contributed by atoms with E-state index in [-0.39, 0.29) is 40.5 Å². The van der Waals surface area contributed by atoms with Gasteiger partial charge in [-0.25, -0.2) is 4.39 Å². The molecule has 0 radical (unpaired) electrons. The van der Waals surface area contributed by atoms with E-state index < -0.39 is 29.5 Å². The maximum atomic E-state index is 15.8. The number of benzene rings is 2. The van der Waals surface area contributed by atoms with Crippen molar-refractivity contribution in [2.24, 2.45) is 5.92 Å². The number of amides is 2. The lowest BCUT2D eigenvalue weighted by atomic mass is 9.87. The molecule has 2 saturated heterocycles. The van der Waals surface area contributed by atoms with Crippen LogP contribution in [0.1, 0.15) is 61.4 Å². The Kier molecular flexibility index (Phi) is 10.5. The number of carbonyl (C=O) groups excluding carboxylic acids is 3. The van der Waals surface area contributed by atoms with E-state index in [4.69, 9.17) is 16.3 Å². The molecule has 10 nitrogen and oxygen atoms in total. The molecule has 256 valence electrons. The number of ketones is 1. The van der Waals surface area contributed by atoms with Crippen LogP contribution >= 0.6 is 22.9 Å². The second-order valence-corrected chi connectivity index (χ2v) is 14.2. The number of fused-ring (bicyclic) bond motifs is 1. The smallest absolute Gasteiger partial charge is 0.306 e. The summed E-state index contributed by atoms with van der Waals surface area (Å²) in [5.41, 5.74) is 0.637. The van der Waals surface area contributed by atoms with Gasteiger partial charge in [-0.05, 0) is 62.3 Å². The number of halogens is 2. The van der Waals surface area contributed by atoms with Crippen molar-refractivity contribution in [1.29, 1.82) is 0 Å². The Bertz CT molecular complexity index is 1700. The standard InChI is InChI=1S/C35H40ClFN4O6S/c1-22(42)39-14-16-41(17-15-39)35(40-12-4-5-13-40,47-25-10-8-23(9-11-25)34(45)46)32(43)19-24-18-28(36)30(20-29(24)37)38-33(44)27-21-48-31-7-3-2-6-26(27)31/h2-3,6-7,18,20-21,23,25H,4-5,8-17,19H2,1H3,(H,38,44)(H,45,46). The van der Waals surface area contributed by atoms with Crippen LogP contribution < -0.4 is 5.32 Å². The molecule has 2 N–H and O–H groups in total. The summed E-state index contributed by atoms with van der Waals surface area (Å²) in [5, 5.41) is 14.9. The number of carboxylic acids is 1. The summed E-state index contributed by atoms with van der Waals surface area (Å²) in [5.74, 6) is -4.29. The predicted octanol–water partition coefficient (Wildman–Crippen LogP) is 5.63. The lowest BCUT2D eigenvalue weighted by Gasteiger charge is -2.52. The van der Waals surface area contributed by atoms with Crippen molar-refractivity contribution in [2.45, 2.75) is 63.8 Å². The van der Waals surface area contributed by atoms with Crippen LogP contribution in [0.3, 0.4) is 0 Å². The summed E-state index contributed by atoms with van der Waals surface area (Å²) < 4.78 is 23.7. The molecule has 3 aliphatic rings. The monoisotopic (exact) mass is 698 g/mol. The van der Waals surface area contributed by atoms with Gasteiger partial charge in [0.2, 0.25) is 11.8 Å². The van der Waals surface area contributed by atoms with Crippen molar-refractivity contribution in [2.75, 3.05) is 44.6 Å². The third-order valence-corrected chi connectivity index (χ3v) is 11.1. The molecule has 1 saturated carbocycles. The first kappa shape index (κ1) is 34.4. The van der Waals surface area contributed by atoms with Crippen LogP contribution in [-0.4, -0.2) is 94.6 Å². The van der Waals surface area contributed by atoms with Crippen LogP contribution in [0, 0.1) is 11.7 Å². The predicted molar refractivity (Wildman–Crippen MR) is 182 cm³/mol. The van der Waals surface area contributed by atoms with Gasteiger partial charge in [-0.15, -0.1) is 11.3 Å². The minimum absolute atomic E-state index is 0.0447. The van der Waals surface area contributed by atoms with Gasteiger partial charge >= 0.3 is 5.97 Å². The van der Waals surface area contributed by atoms with Crippen molar-refractivity contribution in [3.63, 3.8) is 0 Å². The molecule has 2 aromatic carbocycles. The number of ether oxygens (including phenoxy) is 1. The molecule has 3 aromatic rings. The Balaban J connectivity index is 1.27. The van der Waals surface area contributed by atoms with E-state index in [0.29, 0.717) is 70.5 Å². The summed E-state index contributed by atoms with van der Waals surface area (Å²) in [6, 6.07) is 10.0. The first-order valence-electron chi connectivity index (χ1n) is 16.5. The second kappa shape index (κ2) is 14.6. The van der Waals surface area contributed by atoms with Crippen LogP contribution in [0.25, 0.3) is 10.1 Å². The molecule has 3 fully saturated rings. The highest BCUT2D eigenvalue weighted by molar-refractivity contribution is 7.17. The van der Waals surface area contributed by atoms with Crippen LogP contribution in [0.4, 0.5) is 10.1 Å². The molecule has 48 heavy (non-hydrogen) atoms. The van der Waals surface area contributed by atoms with Gasteiger partial charge in [0.1, 0.15) is 5.82 Å². The molecule has 1 aromatic heterocycles. The van der Waals surface area contributed by atoms with Crippen LogP contribution in [0.15, 0.2) is 41.8 Å². The number of nitrogens with one attached hydrogen (secondary N) is 1. The Labute approximate surface area is 287 Å². The number of hydrogen-bond acceptors (Lipinski definition) is 8. The van der Waals surface area contributed by atoms with Crippen LogP contribution in [0.2, 0.25) is 5.02 Å². The maximum absolute atomic E-state index is 15.8. The van der Waals surface area contributed by atoms with E-state index in [2.05, 4.69) is 5.32 Å². The topological polar surface area (TPSA) is 119 Å². The van der Waals surface area contributed by atoms with E-state index in [1.54, 1.807) is 10.3 Å². The minimum atomic E-state index is -1.52. The molecule has 1 aliphatic carbocycles. The van der Waals surface area contributed by atoms with Crippen LogP contribution in [0.5, 0.6) is 0 Å². The summed E-state index contributed by atoms with van der Waals surface area (Å²) >= 11 is 8.05. The molecule has 0 bridgehead atoms. The van der Waals surface area contributed by atoms with Gasteiger partial charge in [0.15, 0.2) is 5.78 Å². The Morgan fingerprint density at radius 3 is 2.33 bits per heavy atom. The quantitative estimate of drug-likeness (QED) is 0.280. The third-order valence-electron chi connectivity index (χ3n) is 9.87. The first-order chi connectivity index (χ1) is 23.1. The fraction of sp³-hybridized carbons (Fsp3) is 0.486. The van der Waals surface area contributed by atoms with Crippen molar-refractivity contribution in [3.8, 4) is 0 Å². The van der Waals surface area contributed by atoms with Crippen molar-refractivity contribution < 1.29 is 33.4 Å². The molecule has 0 spiro atoms. The van der Waals surface area contributed by atoms with E-state index in [0.717, 1.165) is 29.0 Å². The van der Waals surface area contributed by atoms with E-state index in [1.807, 2.05) is 34.1 Å². The van der Waals surface area contributed by atoms with Gasteiger partial charge in [0.25, 0.3) is 5.91 Å². The van der Waals surface area contributed by atoms with Crippen LogP contribution in [-0.2, 0) is 25.5 Å². The Hall–Kier alpha value is -3.42. The third kappa shape index (κ3) is 7.00. The number of Topliss-reactive ketones (excluding diaryl/α,β-unsaturated/α-hetero) is 1. The van der Waals surface area contributed by atoms with Crippen molar-refractivity contribution >= 4 is 62.3 Å². The second-order valence-electron chi connectivity index (χ2n) is 12.8. The highest BCUT2D eigenvalue weighted by Crippen LogP contribution is 2.37. The number of rotatable bonds is 10. The Morgan fingerprint density at radius 1 is 1.00 bits per heavy atom. The maximum Gasteiger partial charge on any atom is 0.306 e. The number of nitrogens with zero attached hydrogens (tertiary/aromatic N) is 3. The SMILES string of the molecule is CC(=O)N1CCN(C(OC2CCC(C(=O)O)CC2)(C(=O)Cc2cc(Cl)c(NC(=O)c3csc4ccccc34)cc2F)N2CCCC2)CC1. The molecule has 1 unspecified atom stereocenters. The zero-order chi connectivity index (χ0) is 34.0. The fourth-order valence-electron chi connectivity index (χ4n) is 7.22. The van der Waals surface area contributed by atoms with Crippen molar-refractivity contribution in [3.05, 3.63) is 63.7 Å². The zero-order valence-electron chi connectivity index (χ0n) is 26.9. The molecular formula is C35H40ClFN4O6S. The number of aliphatic carboxylic acids is 1. The van der Waals surface area contributed by atoms with Gasteiger partial charge in [0.05, 0.1) is 28.3 Å². The lowest BCUT2D eigenvalue weighted by molar-refractivity contribution is -0.260. The van der Waals surface area contributed by atoms with Gasteiger partial charge < -0.3 is 20.1 Å². The summed E-state index contributed by atoms with van der Waals surface area (Å²) in [6.45, 7) is 4.34. The number of likely N-dealkylation sites (tertiary alicyclic amines) is 1. The lowest BCUT2D eigenvalue weighted by Crippen LogP contribution is -2.71. The molecule has 6 rings (SSSR count). The van der Waals surface area contributed by atoms with E-state index >= 15 is 4.39 Å². The molecule has 1 atom stereocenters. The van der Waals surface area contributed by atoms with Gasteiger partial charge in [-0.2, -0.15) is 0 Å². The van der Waals surface area contributed by atoms with E-state index in [1.165, 1.54) is 24.3 Å². The zero-order valence-corrected chi connectivity index (χ0v) is 28.5. The summed E-state index contributed by atoms with van der Waals surface area (Å²) in [6.07, 6.45) is 2.92. The first-order valence-corrected chi connectivity index (χ1v) is 17.8. The molecular weight excluding hydrogens is 659 g/mol. The molecule has 2 amide bonds. The Morgan fingerprint density at radius 2 is 1.67 bits per heavy atom. The number of carboxylic acid groups (broad SMARTS) is 1. The average molecular weight is 699 g/mol. The molecule has 3 heterocycles. The number of thiophene rings is 1. The van der Waals surface area contributed by atoms with E-state index in [9.17, 15) is 24.3 Å². The number of piperazine rings is 1. The largest absolute Gasteiger partial charge is 0.481 e. The fourth-order valence-corrected chi connectivity index (χ4v) is 8.40. The highest BCUT2D eigenvalue weighted by Gasteiger charge is 2.53. The molecule has 2 aliphatic heterocycles. The minimum Gasteiger partial charge on any atom is -0.481 e. The molecule has 13 heteroatoms. The highest BCUT2D eigenvalue weighted by atomic mass is 35.5. The number of anilines is 1. The number of carbonyl (C=O) groups is 4. The van der Waals surface area contributed by atoms with Crippen molar-refractivity contribution in [1.82, 2.24) is 14.7 Å². The van der Waals surface area contributed by atoms with Gasteiger partial charge in [0, 0.05) is 68.1 Å². The summed E-state index contributed by atoms with van der Waals surface area (Å²) in [7, 11) is 0. The normalized spacial score (nSPS) is 22.0. The average Bonchev–Trinajstić information content (AvgIpc) is 3.77. The number of hydrogen-bond donors (Lipinski definition) is 2. The summed E-state index contributed by atoms with van der Waals surface area (Å²) in [4.78, 5) is 57.4. The van der Waals surface area contributed by atoms with Gasteiger partial charge in [-0.3, -0.25) is 29.0 Å².